The molecule has 0 aliphatic carbocycles. The van der Waals surface area contributed by atoms with Gasteiger partial charge in [-0.2, -0.15) is 0 Å². The van der Waals surface area contributed by atoms with Gasteiger partial charge in [-0.05, 0) is 33.8 Å². The van der Waals surface area contributed by atoms with Crippen LogP contribution in [-0.4, -0.2) is 17.9 Å². The topological polar surface area (TPSA) is 20.3 Å². The first-order chi connectivity index (χ1) is 9.74. The van der Waals surface area contributed by atoms with Gasteiger partial charge in [0.25, 0.3) is 5.91 Å². The minimum Gasteiger partial charge on any atom is -0.337 e. The summed E-state index contributed by atoms with van der Waals surface area (Å²) in [4.78, 5) is 14.8. The Balaban J connectivity index is 1.80. The van der Waals surface area contributed by atoms with Crippen LogP contribution in [0.25, 0.3) is 10.8 Å². The lowest BCUT2D eigenvalue weighted by molar-refractivity contribution is 0.0790. The summed E-state index contributed by atoms with van der Waals surface area (Å²) in [5.74, 6) is 0.0770. The maximum Gasteiger partial charge on any atom is 0.263 e. The standard InChI is InChI=1S/C17H15NOS/c1-18(17(19)16-7-4-10-20-16)12-13-8-9-14-5-2-3-6-15(14)11-13/h2-11H,12H2,1H3. The molecule has 0 aliphatic rings. The molecule has 1 heterocycles. The van der Waals surface area contributed by atoms with E-state index in [1.54, 1.807) is 4.90 Å². The fraction of sp³-hybridized carbons (Fsp3) is 0.118. The van der Waals surface area contributed by atoms with E-state index < -0.39 is 0 Å². The Kier molecular flexibility index (Phi) is 3.52. The molecule has 0 saturated carbocycles. The van der Waals surface area contributed by atoms with Crippen LogP contribution in [0.5, 0.6) is 0 Å². The van der Waals surface area contributed by atoms with Crippen LogP contribution < -0.4 is 0 Å². The molecule has 0 atom stereocenters. The highest BCUT2D eigenvalue weighted by Gasteiger charge is 2.12. The van der Waals surface area contributed by atoms with Crippen LogP contribution in [0.15, 0.2) is 60.0 Å². The summed E-state index contributed by atoms with van der Waals surface area (Å²) in [6, 6.07) is 18.4. The minimum atomic E-state index is 0.0770. The van der Waals surface area contributed by atoms with Gasteiger partial charge >= 0.3 is 0 Å². The number of thiophene rings is 1. The number of nitrogens with zero attached hydrogens (tertiary/aromatic N) is 1. The van der Waals surface area contributed by atoms with Crippen LogP contribution in [0, 0.1) is 0 Å². The molecule has 3 rings (SSSR count). The first-order valence-electron chi connectivity index (χ1n) is 6.51. The second-order valence-electron chi connectivity index (χ2n) is 4.82. The van der Waals surface area contributed by atoms with Gasteiger partial charge in [0.05, 0.1) is 4.88 Å². The smallest absolute Gasteiger partial charge is 0.263 e. The molecule has 2 nitrogen and oxygen atoms in total. The van der Waals surface area contributed by atoms with Gasteiger partial charge in [0.15, 0.2) is 0 Å². The number of benzene rings is 2. The molecule has 3 aromatic rings. The number of carbonyl (C=O) groups is 1. The largest absolute Gasteiger partial charge is 0.337 e. The van der Waals surface area contributed by atoms with Gasteiger partial charge in [0, 0.05) is 13.6 Å². The molecule has 1 aromatic heterocycles. The van der Waals surface area contributed by atoms with Gasteiger partial charge in [-0.25, -0.2) is 0 Å². The Morgan fingerprint density at radius 1 is 1.05 bits per heavy atom. The van der Waals surface area contributed by atoms with Gasteiger partial charge < -0.3 is 4.90 Å². The third kappa shape index (κ3) is 2.58. The summed E-state index contributed by atoms with van der Waals surface area (Å²) in [5, 5.41) is 4.36. The quantitative estimate of drug-likeness (QED) is 0.705. The SMILES string of the molecule is CN(Cc1ccc2ccccc2c1)C(=O)c1cccs1. The molecule has 0 N–H and O–H groups in total. The van der Waals surface area contributed by atoms with Crippen molar-refractivity contribution in [1.82, 2.24) is 4.90 Å². The van der Waals surface area contributed by atoms with E-state index in [0.717, 1.165) is 10.4 Å². The summed E-state index contributed by atoms with van der Waals surface area (Å²) >= 11 is 1.48. The van der Waals surface area contributed by atoms with Crippen LogP contribution in [-0.2, 0) is 6.54 Å². The molecule has 20 heavy (non-hydrogen) atoms. The van der Waals surface area contributed by atoms with E-state index in [-0.39, 0.29) is 5.91 Å². The van der Waals surface area contributed by atoms with Crippen molar-refractivity contribution in [3.63, 3.8) is 0 Å². The Hall–Kier alpha value is -2.13. The third-order valence-electron chi connectivity index (χ3n) is 3.31. The molecule has 0 fully saturated rings. The zero-order valence-corrected chi connectivity index (χ0v) is 12.1. The number of hydrogen-bond donors (Lipinski definition) is 0. The minimum absolute atomic E-state index is 0.0770. The molecule has 1 amide bonds. The summed E-state index contributed by atoms with van der Waals surface area (Å²) < 4.78 is 0. The van der Waals surface area contributed by atoms with Crippen LogP contribution >= 0.6 is 11.3 Å². The molecule has 0 saturated heterocycles. The predicted octanol–water partition coefficient (Wildman–Crippen LogP) is 4.17. The predicted molar refractivity (Wildman–Crippen MR) is 84.1 cm³/mol. The number of fused-ring (bicyclic) bond motifs is 1. The number of hydrogen-bond acceptors (Lipinski definition) is 2. The Morgan fingerprint density at radius 3 is 2.60 bits per heavy atom. The van der Waals surface area contributed by atoms with Gasteiger partial charge in [0.1, 0.15) is 0 Å². The maximum atomic E-state index is 12.2. The molecule has 0 bridgehead atoms. The van der Waals surface area contributed by atoms with Gasteiger partial charge in [0.2, 0.25) is 0 Å². The highest BCUT2D eigenvalue weighted by molar-refractivity contribution is 7.12. The molecule has 2 aromatic carbocycles. The third-order valence-corrected chi connectivity index (χ3v) is 4.17. The normalized spacial score (nSPS) is 10.7. The second-order valence-corrected chi connectivity index (χ2v) is 5.77. The molecule has 3 heteroatoms. The number of amides is 1. The van der Waals surface area contributed by atoms with E-state index in [1.807, 2.05) is 36.7 Å². The lowest BCUT2D eigenvalue weighted by Crippen LogP contribution is -2.25. The molecule has 100 valence electrons. The Bertz CT molecular complexity index is 734. The second kappa shape index (κ2) is 5.47. The van der Waals surface area contributed by atoms with Crippen molar-refractivity contribution < 1.29 is 4.79 Å². The van der Waals surface area contributed by atoms with Crippen molar-refractivity contribution in [1.29, 1.82) is 0 Å². The Morgan fingerprint density at radius 2 is 1.85 bits per heavy atom. The first kappa shape index (κ1) is 12.9. The zero-order valence-electron chi connectivity index (χ0n) is 11.2. The Labute approximate surface area is 122 Å². The highest BCUT2D eigenvalue weighted by Crippen LogP contribution is 2.18. The van der Waals surface area contributed by atoms with Crippen LogP contribution in [0.3, 0.4) is 0 Å². The van der Waals surface area contributed by atoms with Crippen LogP contribution in [0.2, 0.25) is 0 Å². The van der Waals surface area contributed by atoms with Gasteiger partial charge in [-0.15, -0.1) is 11.3 Å². The van der Waals surface area contributed by atoms with Crippen LogP contribution in [0.4, 0.5) is 0 Å². The average Bonchev–Trinajstić information content (AvgIpc) is 3.00. The summed E-state index contributed by atoms with van der Waals surface area (Å²) in [7, 11) is 1.84. The fourth-order valence-corrected chi connectivity index (χ4v) is 2.99. The first-order valence-corrected chi connectivity index (χ1v) is 7.38. The lowest BCUT2D eigenvalue weighted by atomic mass is 10.1. The maximum absolute atomic E-state index is 12.2. The van der Waals surface area contributed by atoms with Crippen molar-refractivity contribution in [3.05, 3.63) is 70.4 Å². The summed E-state index contributed by atoms with van der Waals surface area (Å²) in [5.41, 5.74) is 1.15. The van der Waals surface area contributed by atoms with Crippen molar-refractivity contribution in [2.75, 3.05) is 7.05 Å². The van der Waals surface area contributed by atoms with E-state index in [2.05, 4.69) is 30.3 Å². The van der Waals surface area contributed by atoms with Gasteiger partial charge in [-0.1, -0.05) is 42.5 Å². The number of carbonyl (C=O) groups excluding carboxylic acids is 1. The van der Waals surface area contributed by atoms with E-state index in [9.17, 15) is 4.79 Å². The van der Waals surface area contributed by atoms with Crippen molar-refractivity contribution in [2.24, 2.45) is 0 Å². The lowest BCUT2D eigenvalue weighted by Gasteiger charge is -2.16. The molecule has 0 aliphatic heterocycles. The van der Waals surface area contributed by atoms with E-state index in [4.69, 9.17) is 0 Å². The number of rotatable bonds is 3. The van der Waals surface area contributed by atoms with Crippen molar-refractivity contribution in [2.45, 2.75) is 6.54 Å². The van der Waals surface area contributed by atoms with E-state index in [1.165, 1.54) is 22.1 Å². The average molecular weight is 281 g/mol. The monoisotopic (exact) mass is 281 g/mol. The molecule has 0 radical (unpaired) electrons. The van der Waals surface area contributed by atoms with Crippen molar-refractivity contribution >= 4 is 28.0 Å². The fourth-order valence-electron chi connectivity index (χ4n) is 2.27. The molecule has 0 spiro atoms. The van der Waals surface area contributed by atoms with Crippen molar-refractivity contribution in [3.8, 4) is 0 Å². The van der Waals surface area contributed by atoms with Crippen LogP contribution in [0.1, 0.15) is 15.2 Å². The summed E-state index contributed by atoms with van der Waals surface area (Å²) in [6.07, 6.45) is 0. The molecule has 0 unspecified atom stereocenters. The van der Waals surface area contributed by atoms with E-state index in [0.29, 0.717) is 6.54 Å². The summed E-state index contributed by atoms with van der Waals surface area (Å²) in [6.45, 7) is 0.627. The van der Waals surface area contributed by atoms with E-state index >= 15 is 0 Å². The molecular formula is C17H15NOS. The highest BCUT2D eigenvalue weighted by atomic mass is 32.1. The zero-order chi connectivity index (χ0) is 13.9. The van der Waals surface area contributed by atoms with Gasteiger partial charge in [-0.3, -0.25) is 4.79 Å². The molecular weight excluding hydrogens is 266 g/mol.